The molecule has 0 aliphatic carbocycles. The highest BCUT2D eigenvalue weighted by atomic mass is 16.6. The van der Waals surface area contributed by atoms with Gasteiger partial charge in [0.2, 0.25) is 11.8 Å². The van der Waals surface area contributed by atoms with Crippen molar-refractivity contribution >= 4 is 46.5 Å². The number of hydrogen-bond donors (Lipinski definition) is 4. The molecular weight excluding hydrogens is 596 g/mol. The Labute approximate surface area is 246 Å². The molecule has 2 aliphatic heterocycles. The quantitative estimate of drug-likeness (QED) is 0.266. The van der Waals surface area contributed by atoms with Crippen molar-refractivity contribution in [2.45, 2.75) is 38.5 Å². The number of carboxylic acid groups (broad SMARTS) is 2. The topological polar surface area (TPSA) is 305 Å². The molecule has 2 aromatic rings. The van der Waals surface area contributed by atoms with Crippen molar-refractivity contribution in [2.75, 3.05) is 13.1 Å². The number of non-ortho nitro benzene ring substituents is 4. The highest BCUT2D eigenvalue weighted by Gasteiger charge is 2.20. The van der Waals surface area contributed by atoms with Crippen molar-refractivity contribution in [3.63, 3.8) is 0 Å². The minimum Gasteiger partial charge on any atom is -0.478 e. The van der Waals surface area contributed by atoms with Gasteiger partial charge in [-0.2, -0.15) is 0 Å². The van der Waals surface area contributed by atoms with Crippen LogP contribution in [0.15, 0.2) is 36.4 Å². The second-order valence-electron chi connectivity index (χ2n) is 8.73. The minimum atomic E-state index is -1.46. The Kier molecular flexibility index (Phi) is 14.4. The lowest BCUT2D eigenvalue weighted by atomic mass is 10.2. The van der Waals surface area contributed by atoms with Crippen LogP contribution in [0.5, 0.6) is 0 Å². The number of rotatable bonds is 6. The van der Waals surface area contributed by atoms with E-state index in [2.05, 4.69) is 10.6 Å². The summed E-state index contributed by atoms with van der Waals surface area (Å²) < 4.78 is 0. The molecule has 2 aliphatic rings. The van der Waals surface area contributed by atoms with Crippen LogP contribution >= 0.6 is 0 Å². The van der Waals surface area contributed by atoms with Gasteiger partial charge >= 0.3 is 11.9 Å². The molecular formula is C24H26N6O14. The molecule has 4 N–H and O–H groups in total. The van der Waals surface area contributed by atoms with E-state index in [9.17, 15) is 59.6 Å². The van der Waals surface area contributed by atoms with Gasteiger partial charge in [-0.3, -0.25) is 50.0 Å². The third kappa shape index (κ3) is 13.1. The van der Waals surface area contributed by atoms with Crippen LogP contribution in [0.1, 0.15) is 59.2 Å². The summed E-state index contributed by atoms with van der Waals surface area (Å²) in [6, 6.07) is 4.44. The number of carbonyl (C=O) groups is 4. The molecule has 0 radical (unpaired) electrons. The second-order valence-corrected chi connectivity index (χ2v) is 8.73. The number of benzene rings is 2. The number of nitro benzene ring substituents is 4. The van der Waals surface area contributed by atoms with E-state index in [0.29, 0.717) is 12.1 Å². The SMILES string of the molecule is O=C(O)c1cc([N+](=O)[O-])cc([N+](=O)[O-])c1.O=C(O)c1cc([N+](=O)[O-])cc([N+](=O)[O-])c1.O=C1CCCCN1.O=C1CCCCN1. The molecule has 44 heavy (non-hydrogen) atoms. The summed E-state index contributed by atoms with van der Waals surface area (Å²) in [6.45, 7) is 1.78. The Balaban J connectivity index is 0.000000311. The first kappa shape index (κ1) is 35.9. The fourth-order valence-electron chi connectivity index (χ4n) is 3.31. The van der Waals surface area contributed by atoms with Crippen LogP contribution < -0.4 is 10.6 Å². The predicted molar refractivity (Wildman–Crippen MR) is 147 cm³/mol. The maximum atomic E-state index is 10.5. The van der Waals surface area contributed by atoms with E-state index in [-0.39, 0.29) is 11.8 Å². The first-order chi connectivity index (χ1) is 20.6. The number of hydrogen-bond acceptors (Lipinski definition) is 12. The molecule has 0 spiro atoms. The third-order valence-electron chi connectivity index (χ3n) is 5.45. The van der Waals surface area contributed by atoms with Gasteiger partial charge in [0.15, 0.2) is 0 Å². The fraction of sp³-hybridized carbons (Fsp3) is 0.333. The van der Waals surface area contributed by atoms with Crippen LogP contribution in [0.2, 0.25) is 0 Å². The zero-order chi connectivity index (χ0) is 33.4. The van der Waals surface area contributed by atoms with E-state index in [0.717, 1.165) is 75.9 Å². The maximum Gasteiger partial charge on any atom is 0.336 e. The monoisotopic (exact) mass is 622 g/mol. The Morgan fingerprint density at radius 3 is 0.955 bits per heavy atom. The maximum absolute atomic E-state index is 10.5. The van der Waals surface area contributed by atoms with E-state index < -0.39 is 65.5 Å². The van der Waals surface area contributed by atoms with Crippen molar-refractivity contribution in [3.05, 3.63) is 88.0 Å². The van der Waals surface area contributed by atoms with Crippen molar-refractivity contribution in [1.29, 1.82) is 0 Å². The summed E-state index contributed by atoms with van der Waals surface area (Å²) in [5.41, 5.74) is -3.47. The lowest BCUT2D eigenvalue weighted by molar-refractivity contribution is -0.394. The van der Waals surface area contributed by atoms with E-state index >= 15 is 0 Å². The van der Waals surface area contributed by atoms with Gasteiger partial charge in [0, 0.05) is 50.2 Å². The summed E-state index contributed by atoms with van der Waals surface area (Å²) in [6.07, 6.45) is 5.94. The molecule has 2 aromatic carbocycles. The summed E-state index contributed by atoms with van der Waals surface area (Å²) in [7, 11) is 0. The number of nitrogens with one attached hydrogen (secondary N) is 2. The van der Waals surface area contributed by atoms with Gasteiger partial charge in [-0.25, -0.2) is 9.59 Å². The molecule has 2 saturated heterocycles. The number of nitrogens with zero attached hydrogens (tertiary/aromatic N) is 4. The average Bonchev–Trinajstić information content (AvgIpc) is 2.98. The molecule has 2 heterocycles. The van der Waals surface area contributed by atoms with Gasteiger partial charge in [-0.1, -0.05) is 0 Å². The van der Waals surface area contributed by atoms with Gasteiger partial charge in [-0.15, -0.1) is 0 Å². The molecule has 2 fully saturated rings. The van der Waals surface area contributed by atoms with Crippen molar-refractivity contribution < 1.29 is 49.1 Å². The summed E-state index contributed by atoms with van der Waals surface area (Å²) in [5, 5.41) is 64.0. The Morgan fingerprint density at radius 2 is 0.818 bits per heavy atom. The molecule has 236 valence electrons. The van der Waals surface area contributed by atoms with Crippen molar-refractivity contribution in [3.8, 4) is 0 Å². The van der Waals surface area contributed by atoms with Gasteiger partial charge in [0.25, 0.3) is 22.7 Å². The normalized spacial score (nSPS) is 13.4. The standard InChI is InChI=1S/2C7H4N2O6.2C5H9NO/c2*10-7(11)4-1-5(8(12)13)3-6(2-4)9(14)15;2*7-5-3-1-2-4-6-5/h2*1-3H,(H,10,11);2*1-4H2,(H,6,7). The number of aromatic carboxylic acids is 2. The van der Waals surface area contributed by atoms with Crippen LogP contribution in [0.3, 0.4) is 0 Å². The van der Waals surface area contributed by atoms with Crippen LogP contribution in [-0.2, 0) is 9.59 Å². The van der Waals surface area contributed by atoms with Crippen molar-refractivity contribution in [2.24, 2.45) is 0 Å². The van der Waals surface area contributed by atoms with Crippen LogP contribution in [0.25, 0.3) is 0 Å². The minimum absolute atomic E-state index is 0.214. The molecule has 0 atom stereocenters. The van der Waals surface area contributed by atoms with Crippen LogP contribution in [-0.4, -0.2) is 66.7 Å². The zero-order valence-electron chi connectivity index (χ0n) is 22.7. The Hall–Kier alpha value is -6.08. The van der Waals surface area contributed by atoms with Crippen LogP contribution in [0.4, 0.5) is 22.7 Å². The van der Waals surface area contributed by atoms with Gasteiger partial charge < -0.3 is 20.8 Å². The molecule has 20 nitrogen and oxygen atoms in total. The first-order valence-corrected chi connectivity index (χ1v) is 12.5. The number of carbonyl (C=O) groups excluding carboxylic acids is 2. The second kappa shape index (κ2) is 17.7. The largest absolute Gasteiger partial charge is 0.478 e. The van der Waals surface area contributed by atoms with E-state index in [4.69, 9.17) is 10.2 Å². The molecule has 0 unspecified atom stereocenters. The molecule has 0 aromatic heterocycles. The number of piperidine rings is 2. The molecule has 20 heteroatoms. The van der Waals surface area contributed by atoms with E-state index in [1.165, 1.54) is 0 Å². The lowest BCUT2D eigenvalue weighted by Gasteiger charge is -2.08. The van der Waals surface area contributed by atoms with Gasteiger partial charge in [-0.05, 0) is 25.7 Å². The smallest absolute Gasteiger partial charge is 0.336 e. The average molecular weight is 623 g/mol. The first-order valence-electron chi connectivity index (χ1n) is 12.5. The van der Waals surface area contributed by atoms with Crippen LogP contribution in [0, 0.1) is 40.5 Å². The summed E-state index contributed by atoms with van der Waals surface area (Å²) >= 11 is 0. The molecule has 4 rings (SSSR count). The van der Waals surface area contributed by atoms with Gasteiger partial charge in [0.1, 0.15) is 0 Å². The Morgan fingerprint density at radius 1 is 0.545 bits per heavy atom. The zero-order valence-corrected chi connectivity index (χ0v) is 22.7. The summed E-state index contributed by atoms with van der Waals surface area (Å²) in [5.74, 6) is -2.49. The molecule has 0 saturated carbocycles. The number of nitro groups is 4. The number of amides is 2. The lowest BCUT2D eigenvalue weighted by Crippen LogP contribution is -2.28. The van der Waals surface area contributed by atoms with Gasteiger partial charge in [0.05, 0.1) is 43.0 Å². The summed E-state index contributed by atoms with van der Waals surface area (Å²) in [4.78, 5) is 79.5. The van der Waals surface area contributed by atoms with E-state index in [1.54, 1.807) is 0 Å². The highest BCUT2D eigenvalue weighted by Crippen LogP contribution is 2.23. The molecule has 2 amide bonds. The highest BCUT2D eigenvalue weighted by molar-refractivity contribution is 5.90. The number of carboxylic acids is 2. The van der Waals surface area contributed by atoms with E-state index in [1.807, 2.05) is 0 Å². The molecule has 0 bridgehead atoms. The predicted octanol–water partition coefficient (Wildman–Crippen LogP) is 2.98. The fourth-order valence-corrected chi connectivity index (χ4v) is 3.31. The third-order valence-corrected chi connectivity index (χ3v) is 5.45. The van der Waals surface area contributed by atoms with Crippen molar-refractivity contribution in [1.82, 2.24) is 10.6 Å². The Bertz CT molecular complexity index is 1160.